The number of pyridine rings is 1. The van der Waals surface area contributed by atoms with Crippen LogP contribution in [0.5, 0.6) is 0 Å². The summed E-state index contributed by atoms with van der Waals surface area (Å²) in [6, 6.07) is 19.0. The lowest BCUT2D eigenvalue weighted by Crippen LogP contribution is -2.32. The molecule has 0 aliphatic carbocycles. The summed E-state index contributed by atoms with van der Waals surface area (Å²) in [6.45, 7) is 3.52. The van der Waals surface area contributed by atoms with E-state index < -0.39 is 10.0 Å². The highest BCUT2D eigenvalue weighted by atomic mass is 32.2. The summed E-state index contributed by atoms with van der Waals surface area (Å²) in [6.07, 6.45) is 4.46. The monoisotopic (exact) mass is 407 g/mol. The molecule has 0 saturated carbocycles. The molecule has 1 aromatic heterocycles. The van der Waals surface area contributed by atoms with Crippen LogP contribution >= 0.6 is 0 Å². The first-order valence-electron chi connectivity index (χ1n) is 9.76. The number of rotatable bonds is 5. The predicted octanol–water partition coefficient (Wildman–Crippen LogP) is 4.03. The average Bonchev–Trinajstić information content (AvgIpc) is 2.78. The van der Waals surface area contributed by atoms with Gasteiger partial charge >= 0.3 is 0 Å². The number of fused-ring (bicyclic) bond motifs is 1. The Morgan fingerprint density at radius 3 is 2.45 bits per heavy atom. The second-order valence-electron chi connectivity index (χ2n) is 7.42. The topological polar surface area (TPSA) is 53.5 Å². The van der Waals surface area contributed by atoms with Crippen LogP contribution in [0.15, 0.2) is 78.0 Å². The van der Waals surface area contributed by atoms with Crippen molar-refractivity contribution in [2.45, 2.75) is 30.8 Å². The SMILES string of the molecule is CC(c1ccccc1)N(C)S(=O)(=O)c1ccc2c(c1)CN(c1ccncc1)CC2. The van der Waals surface area contributed by atoms with E-state index in [9.17, 15) is 8.42 Å². The van der Waals surface area contributed by atoms with Crippen LogP contribution in [-0.4, -0.2) is 31.3 Å². The maximum Gasteiger partial charge on any atom is 0.243 e. The first kappa shape index (κ1) is 19.6. The summed E-state index contributed by atoms with van der Waals surface area (Å²) < 4.78 is 28.0. The van der Waals surface area contributed by atoms with Crippen molar-refractivity contribution in [2.75, 3.05) is 18.5 Å². The molecule has 2 heterocycles. The van der Waals surface area contributed by atoms with Crippen LogP contribution in [0.25, 0.3) is 0 Å². The van der Waals surface area contributed by atoms with Gasteiger partial charge in [-0.15, -0.1) is 0 Å². The van der Waals surface area contributed by atoms with E-state index in [2.05, 4.69) is 9.88 Å². The minimum Gasteiger partial charge on any atom is -0.367 e. The number of nitrogens with zero attached hydrogens (tertiary/aromatic N) is 3. The van der Waals surface area contributed by atoms with Gasteiger partial charge in [-0.05, 0) is 54.3 Å². The molecule has 0 fully saturated rings. The lowest BCUT2D eigenvalue weighted by Gasteiger charge is -2.31. The van der Waals surface area contributed by atoms with E-state index in [0.29, 0.717) is 11.4 Å². The molecule has 0 bridgehead atoms. The fourth-order valence-electron chi connectivity index (χ4n) is 3.79. The second-order valence-corrected chi connectivity index (χ2v) is 9.41. The van der Waals surface area contributed by atoms with E-state index in [1.807, 2.05) is 61.5 Å². The molecule has 29 heavy (non-hydrogen) atoms. The molecule has 0 N–H and O–H groups in total. The number of aromatic nitrogens is 1. The maximum absolute atomic E-state index is 13.3. The Kier molecular flexibility index (Phi) is 5.39. The molecule has 0 radical (unpaired) electrons. The summed E-state index contributed by atoms with van der Waals surface area (Å²) >= 11 is 0. The highest BCUT2D eigenvalue weighted by Gasteiger charge is 2.28. The molecule has 2 aromatic carbocycles. The van der Waals surface area contributed by atoms with E-state index in [-0.39, 0.29) is 6.04 Å². The van der Waals surface area contributed by atoms with Gasteiger partial charge < -0.3 is 4.90 Å². The molecule has 0 saturated heterocycles. The van der Waals surface area contributed by atoms with Crippen molar-refractivity contribution in [1.29, 1.82) is 0 Å². The summed E-state index contributed by atoms with van der Waals surface area (Å²) in [7, 11) is -1.95. The van der Waals surface area contributed by atoms with Crippen molar-refractivity contribution in [3.63, 3.8) is 0 Å². The molecule has 6 heteroatoms. The standard InChI is InChI=1S/C23H25N3O2S/c1-18(19-6-4-3-5-7-19)25(2)29(27,28)23-9-8-20-12-15-26(17-21(20)16-23)22-10-13-24-14-11-22/h3-11,13-14,16,18H,12,15,17H2,1-2H3. The lowest BCUT2D eigenvalue weighted by molar-refractivity contribution is 0.398. The Morgan fingerprint density at radius 1 is 1.00 bits per heavy atom. The number of hydrogen-bond acceptors (Lipinski definition) is 4. The largest absolute Gasteiger partial charge is 0.367 e. The Labute approximate surface area is 172 Å². The predicted molar refractivity (Wildman–Crippen MR) is 115 cm³/mol. The van der Waals surface area contributed by atoms with E-state index >= 15 is 0 Å². The van der Waals surface area contributed by atoms with Crippen LogP contribution in [0.3, 0.4) is 0 Å². The molecule has 1 aliphatic heterocycles. The van der Waals surface area contributed by atoms with Gasteiger partial charge in [0.15, 0.2) is 0 Å². The Morgan fingerprint density at radius 2 is 1.72 bits per heavy atom. The van der Waals surface area contributed by atoms with E-state index in [4.69, 9.17) is 0 Å². The molecule has 0 spiro atoms. The molecule has 5 nitrogen and oxygen atoms in total. The number of benzene rings is 2. The van der Waals surface area contributed by atoms with Crippen LogP contribution in [0.4, 0.5) is 5.69 Å². The van der Waals surface area contributed by atoms with Crippen molar-refractivity contribution >= 4 is 15.7 Å². The highest BCUT2D eigenvalue weighted by Crippen LogP contribution is 2.29. The first-order chi connectivity index (χ1) is 14.0. The normalized spacial score (nSPS) is 15.2. The zero-order chi connectivity index (χ0) is 20.4. The highest BCUT2D eigenvalue weighted by molar-refractivity contribution is 7.89. The van der Waals surface area contributed by atoms with Crippen molar-refractivity contribution in [3.05, 3.63) is 89.7 Å². The summed E-state index contributed by atoms with van der Waals surface area (Å²) in [4.78, 5) is 6.69. The molecule has 4 rings (SSSR count). The molecular formula is C23H25N3O2S. The zero-order valence-electron chi connectivity index (χ0n) is 16.7. The third kappa shape index (κ3) is 3.91. The minimum atomic E-state index is -3.60. The fourth-order valence-corrected chi connectivity index (χ4v) is 5.19. The molecular weight excluding hydrogens is 382 g/mol. The Bertz CT molecular complexity index is 1090. The van der Waals surface area contributed by atoms with Gasteiger partial charge in [0.2, 0.25) is 10.0 Å². The van der Waals surface area contributed by atoms with Crippen LogP contribution in [0, 0.1) is 0 Å². The van der Waals surface area contributed by atoms with Gasteiger partial charge in [0, 0.05) is 44.3 Å². The smallest absolute Gasteiger partial charge is 0.243 e. The molecule has 1 atom stereocenters. The Hall–Kier alpha value is -2.70. The van der Waals surface area contributed by atoms with Crippen LogP contribution in [-0.2, 0) is 23.0 Å². The molecule has 1 aliphatic rings. The van der Waals surface area contributed by atoms with Crippen molar-refractivity contribution < 1.29 is 8.42 Å². The maximum atomic E-state index is 13.3. The zero-order valence-corrected chi connectivity index (χ0v) is 17.5. The van der Waals surface area contributed by atoms with Gasteiger partial charge in [-0.2, -0.15) is 4.31 Å². The van der Waals surface area contributed by atoms with Crippen LogP contribution < -0.4 is 4.90 Å². The van der Waals surface area contributed by atoms with Gasteiger partial charge in [-0.1, -0.05) is 36.4 Å². The van der Waals surface area contributed by atoms with Crippen molar-refractivity contribution in [2.24, 2.45) is 0 Å². The number of anilines is 1. The van der Waals surface area contributed by atoms with Crippen LogP contribution in [0.1, 0.15) is 29.7 Å². The van der Waals surface area contributed by atoms with Crippen molar-refractivity contribution in [1.82, 2.24) is 9.29 Å². The van der Waals surface area contributed by atoms with Gasteiger partial charge in [0.1, 0.15) is 0 Å². The third-order valence-electron chi connectivity index (χ3n) is 5.72. The van der Waals surface area contributed by atoms with Crippen molar-refractivity contribution in [3.8, 4) is 0 Å². The van der Waals surface area contributed by atoms with E-state index in [0.717, 1.165) is 29.8 Å². The number of sulfonamides is 1. The molecule has 0 amide bonds. The van der Waals surface area contributed by atoms with Gasteiger partial charge in [0.05, 0.1) is 4.90 Å². The molecule has 1 unspecified atom stereocenters. The average molecular weight is 408 g/mol. The minimum absolute atomic E-state index is 0.245. The fraction of sp³-hybridized carbons (Fsp3) is 0.261. The van der Waals surface area contributed by atoms with Gasteiger partial charge in [0.25, 0.3) is 0 Å². The quantitative estimate of drug-likeness (QED) is 0.641. The third-order valence-corrected chi connectivity index (χ3v) is 7.65. The number of hydrogen-bond donors (Lipinski definition) is 0. The van der Waals surface area contributed by atoms with E-state index in [1.54, 1.807) is 25.5 Å². The van der Waals surface area contributed by atoms with Crippen LogP contribution in [0.2, 0.25) is 0 Å². The summed E-state index contributed by atoms with van der Waals surface area (Å²) in [5, 5.41) is 0. The summed E-state index contributed by atoms with van der Waals surface area (Å²) in [5.41, 5.74) is 4.36. The Balaban J connectivity index is 1.61. The lowest BCUT2D eigenvalue weighted by atomic mass is 9.99. The summed E-state index contributed by atoms with van der Waals surface area (Å²) in [5.74, 6) is 0. The van der Waals surface area contributed by atoms with Gasteiger partial charge in [-0.3, -0.25) is 4.98 Å². The molecule has 150 valence electrons. The first-order valence-corrected chi connectivity index (χ1v) is 11.2. The van der Waals surface area contributed by atoms with Gasteiger partial charge in [-0.25, -0.2) is 8.42 Å². The molecule has 3 aromatic rings. The second kappa shape index (κ2) is 7.97. The van der Waals surface area contributed by atoms with E-state index in [1.165, 1.54) is 9.87 Å².